The molecular weight excluding hydrogens is 528 g/mol. The minimum atomic E-state index is -1.31. The summed E-state index contributed by atoms with van der Waals surface area (Å²) in [7, 11) is 1.54. The Kier molecular flexibility index (Phi) is 8.18. The number of hydrogen-bond donors (Lipinski definition) is 5. The summed E-state index contributed by atoms with van der Waals surface area (Å²) in [6, 6.07) is 12.8. The Bertz CT molecular complexity index is 1470. The van der Waals surface area contributed by atoms with E-state index < -0.39 is 41.6 Å². The minimum absolute atomic E-state index is 0.190. The predicted molar refractivity (Wildman–Crippen MR) is 150 cm³/mol. The maximum Gasteiger partial charge on any atom is 0.317 e. The molecule has 1 aliphatic carbocycles. The van der Waals surface area contributed by atoms with Gasteiger partial charge in [0.2, 0.25) is 11.7 Å². The van der Waals surface area contributed by atoms with Crippen LogP contribution in [-0.2, 0) is 14.4 Å². The molecule has 12 heteroatoms. The summed E-state index contributed by atoms with van der Waals surface area (Å²) in [6.07, 6.45) is 2.24. The zero-order chi connectivity index (χ0) is 28.9. The molecular formula is C29H32N6O6. The summed E-state index contributed by atoms with van der Waals surface area (Å²) in [5.74, 6) is -2.06. The topological polar surface area (TPSA) is 162 Å². The molecule has 2 heterocycles. The van der Waals surface area contributed by atoms with E-state index in [2.05, 4.69) is 26.3 Å². The number of amides is 5. The van der Waals surface area contributed by atoms with Crippen molar-refractivity contribution in [3.63, 3.8) is 0 Å². The first-order valence-corrected chi connectivity index (χ1v) is 13.5. The van der Waals surface area contributed by atoms with Crippen LogP contribution < -0.4 is 26.0 Å². The lowest BCUT2D eigenvalue weighted by Crippen LogP contribution is -2.57. The lowest BCUT2D eigenvalue weighted by molar-refractivity contribution is -0.137. The van der Waals surface area contributed by atoms with Crippen LogP contribution in [0.15, 0.2) is 54.6 Å². The van der Waals surface area contributed by atoms with Crippen LogP contribution in [0.25, 0.3) is 10.9 Å². The van der Waals surface area contributed by atoms with Crippen LogP contribution in [-0.4, -0.2) is 78.2 Å². The second kappa shape index (κ2) is 12.1. The SMILES string of the molecule is COc1cccc2[nH]c(C(=O)N[C@@H](CC3CC3)C(=O)N[C@@H](CN3CCNC3=O)C(=O)C(=O)Nc3ccccc3)cc12. The largest absolute Gasteiger partial charge is 0.496 e. The maximum absolute atomic E-state index is 13.5. The first-order valence-electron chi connectivity index (χ1n) is 13.5. The van der Waals surface area contributed by atoms with E-state index in [1.807, 2.05) is 6.07 Å². The third-order valence-electron chi connectivity index (χ3n) is 7.21. The number of H-pyrrole nitrogens is 1. The molecule has 2 atom stereocenters. The molecule has 2 aromatic carbocycles. The van der Waals surface area contributed by atoms with E-state index in [1.54, 1.807) is 55.6 Å². The van der Waals surface area contributed by atoms with Gasteiger partial charge in [-0.1, -0.05) is 37.1 Å². The minimum Gasteiger partial charge on any atom is -0.496 e. The third-order valence-corrected chi connectivity index (χ3v) is 7.21. The second-order valence-electron chi connectivity index (χ2n) is 10.2. The summed E-state index contributed by atoms with van der Waals surface area (Å²) < 4.78 is 5.37. The molecule has 1 aromatic heterocycles. The summed E-state index contributed by atoms with van der Waals surface area (Å²) in [6.45, 7) is 0.523. The fourth-order valence-corrected chi connectivity index (χ4v) is 4.83. The first kappa shape index (κ1) is 27.7. The highest BCUT2D eigenvalue weighted by Crippen LogP contribution is 2.34. The van der Waals surface area contributed by atoms with Gasteiger partial charge in [0.05, 0.1) is 13.7 Å². The molecule has 1 saturated carbocycles. The molecule has 0 spiro atoms. The number of carbonyl (C=O) groups excluding carboxylic acids is 5. The van der Waals surface area contributed by atoms with Gasteiger partial charge in [-0.3, -0.25) is 19.2 Å². The van der Waals surface area contributed by atoms with Crippen LogP contribution in [0.1, 0.15) is 29.8 Å². The summed E-state index contributed by atoms with van der Waals surface area (Å²) in [5, 5.41) is 11.4. The van der Waals surface area contributed by atoms with E-state index in [0.717, 1.165) is 18.2 Å². The monoisotopic (exact) mass is 560 g/mol. The number of carbonyl (C=O) groups is 5. The average molecular weight is 561 g/mol. The van der Waals surface area contributed by atoms with Gasteiger partial charge in [-0.25, -0.2) is 4.79 Å². The highest BCUT2D eigenvalue weighted by atomic mass is 16.5. The van der Waals surface area contributed by atoms with Crippen LogP contribution in [0.3, 0.4) is 0 Å². The van der Waals surface area contributed by atoms with Crippen molar-refractivity contribution in [3.05, 3.63) is 60.3 Å². The molecule has 5 rings (SSSR count). The van der Waals surface area contributed by atoms with Crippen molar-refractivity contribution >= 4 is 46.1 Å². The van der Waals surface area contributed by atoms with Crippen molar-refractivity contribution < 1.29 is 28.7 Å². The predicted octanol–water partition coefficient (Wildman–Crippen LogP) is 1.79. The Hall–Kier alpha value is -4.87. The Balaban J connectivity index is 1.32. The van der Waals surface area contributed by atoms with Gasteiger partial charge in [-0.2, -0.15) is 0 Å². The van der Waals surface area contributed by atoms with E-state index in [0.29, 0.717) is 36.5 Å². The number of benzene rings is 2. The highest BCUT2D eigenvalue weighted by molar-refractivity contribution is 6.42. The number of para-hydroxylation sites is 1. The molecule has 1 saturated heterocycles. The van der Waals surface area contributed by atoms with E-state index in [1.165, 1.54) is 4.90 Å². The number of aromatic amines is 1. The Morgan fingerprint density at radius 1 is 1.02 bits per heavy atom. The fraction of sp³-hybridized carbons (Fsp3) is 0.345. The van der Waals surface area contributed by atoms with Gasteiger partial charge in [-0.15, -0.1) is 0 Å². The van der Waals surface area contributed by atoms with E-state index in [9.17, 15) is 24.0 Å². The molecule has 0 radical (unpaired) electrons. The molecule has 0 bridgehead atoms. The van der Waals surface area contributed by atoms with Crippen molar-refractivity contribution in [3.8, 4) is 5.75 Å². The summed E-state index contributed by atoms with van der Waals surface area (Å²) in [4.78, 5) is 69.5. The number of nitrogens with zero attached hydrogens (tertiary/aromatic N) is 1. The van der Waals surface area contributed by atoms with Gasteiger partial charge in [0.15, 0.2) is 0 Å². The Morgan fingerprint density at radius 2 is 1.80 bits per heavy atom. The number of methoxy groups -OCH3 is 1. The van der Waals surface area contributed by atoms with E-state index in [-0.39, 0.29) is 18.2 Å². The number of nitrogens with one attached hydrogen (secondary N) is 5. The van der Waals surface area contributed by atoms with Gasteiger partial charge in [0, 0.05) is 29.7 Å². The van der Waals surface area contributed by atoms with Crippen molar-refractivity contribution in [1.82, 2.24) is 25.8 Å². The maximum atomic E-state index is 13.5. The number of ether oxygens (including phenoxy) is 1. The number of fused-ring (bicyclic) bond motifs is 1. The lowest BCUT2D eigenvalue weighted by Gasteiger charge is -2.25. The fourth-order valence-electron chi connectivity index (χ4n) is 4.83. The van der Waals surface area contributed by atoms with Gasteiger partial charge >= 0.3 is 6.03 Å². The number of anilines is 1. The zero-order valence-electron chi connectivity index (χ0n) is 22.6. The smallest absolute Gasteiger partial charge is 0.317 e. The van der Waals surface area contributed by atoms with Crippen LogP contribution in [0.2, 0.25) is 0 Å². The highest BCUT2D eigenvalue weighted by Gasteiger charge is 2.36. The van der Waals surface area contributed by atoms with Gasteiger partial charge in [0.25, 0.3) is 11.8 Å². The second-order valence-corrected chi connectivity index (χ2v) is 10.2. The Morgan fingerprint density at radius 3 is 2.49 bits per heavy atom. The normalized spacial score (nSPS) is 16.0. The molecule has 1 aliphatic heterocycles. The number of rotatable bonds is 12. The van der Waals surface area contributed by atoms with E-state index >= 15 is 0 Å². The van der Waals surface area contributed by atoms with Crippen LogP contribution in [0.5, 0.6) is 5.75 Å². The van der Waals surface area contributed by atoms with Crippen molar-refractivity contribution in [2.24, 2.45) is 5.92 Å². The van der Waals surface area contributed by atoms with Gasteiger partial charge in [-0.05, 0) is 42.7 Å². The number of aromatic nitrogens is 1. The van der Waals surface area contributed by atoms with Crippen LogP contribution >= 0.6 is 0 Å². The number of Topliss-reactive ketones (excluding diaryl/α,β-unsaturated/α-hetero) is 1. The summed E-state index contributed by atoms with van der Waals surface area (Å²) >= 11 is 0. The van der Waals surface area contributed by atoms with Gasteiger partial charge in [0.1, 0.15) is 23.5 Å². The third kappa shape index (κ3) is 6.65. The van der Waals surface area contributed by atoms with Crippen molar-refractivity contribution in [2.45, 2.75) is 31.3 Å². The molecule has 2 aliphatic rings. The number of ketones is 1. The average Bonchev–Trinajstić information content (AvgIpc) is 3.53. The summed E-state index contributed by atoms with van der Waals surface area (Å²) in [5.41, 5.74) is 1.38. The van der Waals surface area contributed by atoms with Crippen molar-refractivity contribution in [1.29, 1.82) is 0 Å². The van der Waals surface area contributed by atoms with E-state index in [4.69, 9.17) is 4.74 Å². The molecule has 2 fully saturated rings. The first-order chi connectivity index (χ1) is 19.8. The molecule has 12 nitrogen and oxygen atoms in total. The number of hydrogen-bond acceptors (Lipinski definition) is 6. The van der Waals surface area contributed by atoms with Crippen LogP contribution in [0, 0.1) is 5.92 Å². The van der Waals surface area contributed by atoms with Gasteiger partial charge < -0.3 is 35.9 Å². The van der Waals surface area contributed by atoms with Crippen LogP contribution in [0.4, 0.5) is 10.5 Å². The quantitative estimate of drug-likeness (QED) is 0.212. The van der Waals surface area contributed by atoms with Crippen molar-refractivity contribution in [2.75, 3.05) is 32.1 Å². The zero-order valence-corrected chi connectivity index (χ0v) is 22.6. The Labute approximate surface area is 236 Å². The lowest BCUT2D eigenvalue weighted by atomic mass is 10.1. The molecule has 5 N–H and O–H groups in total. The molecule has 41 heavy (non-hydrogen) atoms. The standard InChI is InChI=1S/C29H32N6O6/c1-41-24-9-5-8-20-19(24)15-22(32-20)27(38)33-21(14-17-10-11-17)26(37)34-23(16-35-13-12-30-29(35)40)25(36)28(39)31-18-6-3-2-4-7-18/h2-9,15,17,21,23,32H,10-14,16H2,1H3,(H,30,40)(H,31,39)(H,33,38)(H,34,37)/t21-,23-/m0/s1. The molecule has 0 unspecified atom stereocenters. The molecule has 214 valence electrons. The number of urea groups is 1. The molecule has 3 aromatic rings. The molecule has 5 amide bonds.